The summed E-state index contributed by atoms with van der Waals surface area (Å²) < 4.78 is 62.3. The number of rotatable bonds is 14. The zero-order valence-electron chi connectivity index (χ0n) is 99.9. The smallest absolute Gasteiger partial charge is 0.304 e. The average Bonchev–Trinajstić information content (AvgIpc) is 1.68. The molecule has 149 heavy (non-hydrogen) atoms. The summed E-state index contributed by atoms with van der Waals surface area (Å²) >= 11 is 0. The first-order chi connectivity index (χ1) is 69.8. The molecule has 0 radical (unpaired) electrons. The van der Waals surface area contributed by atoms with E-state index in [0.717, 1.165) is 108 Å². The van der Waals surface area contributed by atoms with Crippen LogP contribution in [0.5, 0.6) is 0 Å². The van der Waals surface area contributed by atoms with Crippen molar-refractivity contribution in [2.45, 2.75) is 564 Å². The summed E-state index contributed by atoms with van der Waals surface area (Å²) in [4.78, 5) is 56.2. The number of esters is 5. The molecular formula is C132H216O17. The molecule has 0 aromatic carbocycles. The zero-order chi connectivity index (χ0) is 108. The summed E-state index contributed by atoms with van der Waals surface area (Å²) in [5.41, 5.74) is 14.1. The predicted molar refractivity (Wildman–Crippen MR) is 598 cm³/mol. The third kappa shape index (κ3) is 29.4. The predicted octanol–water partition coefficient (Wildman–Crippen LogP) is 32.8. The van der Waals surface area contributed by atoms with Crippen LogP contribution in [0.4, 0.5) is 0 Å². The Kier molecular flexibility index (Phi) is 39.2. The lowest BCUT2D eigenvalue weighted by atomic mass is 9.52. The fourth-order valence-corrected chi connectivity index (χ4v) is 35.6. The lowest BCUT2D eigenvalue weighted by Crippen LogP contribution is -2.55. The monoisotopic (exact) mass is 2070 g/mol. The molecule has 17 nitrogen and oxygen atoms in total. The normalized spacial score (nSPS) is 42.0. The van der Waals surface area contributed by atoms with E-state index in [1.165, 1.54) is 253 Å². The molecule has 20 aliphatic rings. The third-order valence-electron chi connectivity index (χ3n) is 43.6. The molecule has 0 spiro atoms. The average molecular weight is 2080 g/mol. The van der Waals surface area contributed by atoms with Gasteiger partial charge in [-0.3, -0.25) is 24.0 Å². The van der Waals surface area contributed by atoms with E-state index in [0.29, 0.717) is 132 Å². The van der Waals surface area contributed by atoms with Crippen LogP contribution >= 0.6 is 0 Å². The molecule has 30 atom stereocenters. The SMILES string of the molecule is CC(=O)O[C@@H]1O[C@H](C)[C@H]2C=C([C@@]3(C)CCCC(C)(C)C3)CC[C@@H]12.CC(=O)O[C@@H]1O[C@H](C)[C@H]2C=C([C@]3(C)CCCC(C)(C)C3)CC[C@@H]12.CC(=O)O[C@@H]1O[C@H](C)[C@H]2CC([C@]3(C)CCCC(C)(C)C3)=CC[C@@H]12.CC(=O)O[C@@H]1O[C@H](C)[C@H]2C[C@@](O)(C3(C)CCCC(C)(C)C3)CC[C@@H]12.CC[C@H]1C=C(C2(C)CCCCC2)CC[C@H]1COC(C)=O.C[C@@H]1OC[C@H]2C=C(C3(C)CCCCC3)CC[C@H]21.C[C@H]1OC[C@H]2C=C([C@@]3(C)CCCC(C)(C)C3)CC[C@H]21. The number of ether oxygens (including phenoxy) is 11. The van der Waals surface area contributed by atoms with E-state index in [1.807, 2.05) is 0 Å². The van der Waals surface area contributed by atoms with Crippen molar-refractivity contribution in [2.24, 2.45) is 148 Å². The summed E-state index contributed by atoms with van der Waals surface area (Å²) in [6.45, 7) is 66.3. The van der Waals surface area contributed by atoms with Gasteiger partial charge in [0, 0.05) is 82.0 Å². The molecule has 20 rings (SSSR count). The molecule has 17 heteroatoms. The zero-order valence-corrected chi connectivity index (χ0v) is 99.9. The van der Waals surface area contributed by atoms with Crippen molar-refractivity contribution in [1.82, 2.24) is 0 Å². The van der Waals surface area contributed by atoms with Gasteiger partial charge < -0.3 is 57.2 Å². The van der Waals surface area contributed by atoms with E-state index < -0.39 is 11.9 Å². The highest BCUT2D eigenvalue weighted by Gasteiger charge is 2.60. The van der Waals surface area contributed by atoms with Crippen molar-refractivity contribution in [3.63, 3.8) is 0 Å². The van der Waals surface area contributed by atoms with Gasteiger partial charge in [0.05, 0.1) is 62.0 Å². The van der Waals surface area contributed by atoms with Crippen LogP contribution < -0.4 is 0 Å². The molecule has 0 aromatic rings. The summed E-state index contributed by atoms with van der Waals surface area (Å²) in [7, 11) is 0. The Balaban J connectivity index is 0.000000137. The van der Waals surface area contributed by atoms with Gasteiger partial charge in [0.25, 0.3) is 0 Å². The topological polar surface area (TPSA) is 207 Å². The third-order valence-corrected chi connectivity index (χ3v) is 43.6. The molecular weight excluding hydrogens is 1860 g/mol. The van der Waals surface area contributed by atoms with Crippen LogP contribution in [0, 0.1) is 148 Å². The van der Waals surface area contributed by atoms with Crippen LogP contribution in [0.2, 0.25) is 0 Å². The Morgan fingerprint density at radius 3 is 1.05 bits per heavy atom. The first-order valence-corrected chi connectivity index (χ1v) is 61.4. The van der Waals surface area contributed by atoms with E-state index in [2.05, 4.69) is 203 Å². The summed E-state index contributed by atoms with van der Waals surface area (Å²) in [6.07, 6.45) is 73.2. The number of fused-ring (bicyclic) bond motifs is 6. The molecule has 6 aliphatic heterocycles. The molecule has 0 bridgehead atoms. The maximum Gasteiger partial charge on any atom is 0.304 e. The first kappa shape index (κ1) is 120. The molecule has 0 amide bonds. The van der Waals surface area contributed by atoms with Gasteiger partial charge in [0.2, 0.25) is 25.2 Å². The molecule has 8 saturated carbocycles. The Labute approximate surface area is 906 Å². The molecule has 1 N–H and O–H groups in total. The Hall–Kier alpha value is -4.49. The fraction of sp³-hybridized carbons (Fsp3) is 0.871. The summed E-state index contributed by atoms with van der Waals surface area (Å²) in [5, 5.41) is 11.7. The standard InChI is InChI=1S/C20H34O4.3C20H32O3.C18H30O2.C18H30O.C16H26O/c1-13-16-11-20(22,19(5)9-6-8-18(3,4)12-19)10-7-15(16)17(23-13)24-14(2)21;3*1-13-17-11-15(20(5)10-6-9-19(3,4)12-20)7-8-16(17)18(22-13)23-14(2)21;1-4-15-12-17(18(3)10-6-5-7-11-18)9-8-16(15)13-20-14(2)19;1-13-16-7-6-15(10-14(16)11-19-13)18(4)9-5-8-17(2,3)12-18;1-12-15-7-6-14(10-13(15)11-17-12)16(2)8-4-3-5-9-16/h13,15-17,22H,6-12H2,1-5H3;2*11,13,16-18H,6-10,12H2,1-5H3;7,13,16-18H,6,8-12H2,1-5H3;12,15-16H,4-11,13H2,1-3H3;10,13-14,16H,5-9,11-12H2,1-4H3;10,12-13,15H,3-9,11H2,1-2H3/t13-,15-,16-,17+,19?,20-;13-,16-,17-,18+,20+;2*13-,16-,17-,18+,20-;15-,16-;13-,14-,16+,18+;12-,13+,15-/m1111010/s1. The lowest BCUT2D eigenvalue weighted by molar-refractivity contribution is -0.182. The lowest BCUT2D eigenvalue weighted by Gasteiger charge is -2.55. The van der Waals surface area contributed by atoms with E-state index in [-0.39, 0.29) is 90.4 Å². The van der Waals surface area contributed by atoms with Gasteiger partial charge in [0.15, 0.2) is 0 Å². The minimum absolute atomic E-state index is 0.0288. The van der Waals surface area contributed by atoms with Crippen molar-refractivity contribution < 1.29 is 81.2 Å². The number of carbonyl (C=O) groups is 5. The van der Waals surface area contributed by atoms with Gasteiger partial charge in [-0.15, -0.1) is 0 Å². The van der Waals surface area contributed by atoms with Gasteiger partial charge in [-0.25, -0.2) is 0 Å². The number of carbonyl (C=O) groups excluding carboxylic acids is 5. The van der Waals surface area contributed by atoms with Crippen molar-refractivity contribution in [1.29, 1.82) is 0 Å². The molecule has 1 unspecified atom stereocenters. The van der Waals surface area contributed by atoms with E-state index in [1.54, 1.807) is 33.4 Å². The Morgan fingerprint density at radius 1 is 0.322 bits per heavy atom. The van der Waals surface area contributed by atoms with Gasteiger partial charge in [-0.05, 0) is 367 Å². The maximum atomic E-state index is 11.7. The molecule has 0 aromatic heterocycles. The number of hydrogen-bond acceptors (Lipinski definition) is 17. The van der Waals surface area contributed by atoms with Crippen LogP contribution in [0.15, 0.2) is 69.9 Å². The molecule has 6 saturated heterocycles. The molecule has 6 heterocycles. The quantitative estimate of drug-likeness (QED) is 0.0974. The minimum Gasteiger partial charge on any atom is -0.466 e. The van der Waals surface area contributed by atoms with Gasteiger partial charge in [-0.2, -0.15) is 0 Å². The minimum atomic E-state index is -0.630. The van der Waals surface area contributed by atoms with E-state index >= 15 is 0 Å². The second-order valence-corrected chi connectivity index (χ2v) is 58.9. The van der Waals surface area contributed by atoms with Crippen molar-refractivity contribution >= 4 is 29.8 Å². The highest BCUT2D eigenvalue weighted by atomic mass is 16.7. The van der Waals surface area contributed by atoms with E-state index in [4.69, 9.17) is 52.1 Å². The summed E-state index contributed by atoms with van der Waals surface area (Å²) in [5.74, 6) is 5.79. The Morgan fingerprint density at radius 2 is 0.658 bits per heavy atom. The fourth-order valence-electron chi connectivity index (χ4n) is 35.6. The molecule has 846 valence electrons. The highest BCUT2D eigenvalue weighted by molar-refractivity contribution is 5.67. The van der Waals surface area contributed by atoms with E-state index in [9.17, 15) is 29.1 Å². The van der Waals surface area contributed by atoms with Crippen molar-refractivity contribution in [3.8, 4) is 0 Å². The van der Waals surface area contributed by atoms with Crippen LogP contribution in [0.1, 0.15) is 496 Å². The maximum absolute atomic E-state index is 11.7. The first-order valence-electron chi connectivity index (χ1n) is 61.4. The van der Waals surface area contributed by atoms with Gasteiger partial charge in [0.1, 0.15) is 0 Å². The largest absolute Gasteiger partial charge is 0.466 e. The van der Waals surface area contributed by atoms with Crippen LogP contribution in [0.25, 0.3) is 0 Å². The second kappa shape index (κ2) is 48.8. The Bertz CT molecular complexity index is 4580. The van der Waals surface area contributed by atoms with Crippen LogP contribution in [-0.4, -0.2) is 122 Å². The van der Waals surface area contributed by atoms with Crippen LogP contribution in [-0.2, 0) is 76.1 Å². The van der Waals surface area contributed by atoms with Gasteiger partial charge in [-0.1, -0.05) is 265 Å². The summed E-state index contributed by atoms with van der Waals surface area (Å²) in [6, 6.07) is 0. The van der Waals surface area contributed by atoms with Crippen molar-refractivity contribution in [2.75, 3.05) is 19.8 Å². The highest BCUT2D eigenvalue weighted by Crippen LogP contribution is 2.64. The number of allylic oxidation sites excluding steroid dienone is 8. The second-order valence-electron chi connectivity index (χ2n) is 58.9. The molecule has 14 fully saturated rings. The van der Waals surface area contributed by atoms with Gasteiger partial charge >= 0.3 is 29.8 Å². The molecule has 14 aliphatic carbocycles. The number of aliphatic hydroxyl groups is 1. The number of hydrogen-bond donors (Lipinski definition) is 1. The van der Waals surface area contributed by atoms with Crippen molar-refractivity contribution in [3.05, 3.63) is 69.9 Å². The van der Waals surface area contributed by atoms with Crippen LogP contribution in [0.3, 0.4) is 0 Å².